The maximum Gasteiger partial charge on any atom is 0.516 e. The Bertz CT molecular complexity index is 1500. The molecular weight excluding hydrogens is 531 g/mol. The van der Waals surface area contributed by atoms with Crippen LogP contribution in [0.25, 0.3) is 11.3 Å². The molecule has 0 spiro atoms. The van der Waals surface area contributed by atoms with Crippen LogP contribution < -0.4 is 20.7 Å². The number of fused-ring (bicyclic) bond motifs is 1. The van der Waals surface area contributed by atoms with Crippen LogP contribution in [0.4, 0.5) is 30.2 Å². The topological polar surface area (TPSA) is 103 Å². The molecule has 1 saturated heterocycles. The number of carbonyl (C=O) groups is 1. The lowest BCUT2D eigenvalue weighted by Crippen LogP contribution is -2.42. The highest BCUT2D eigenvalue weighted by molar-refractivity contribution is 7.93. The summed E-state index contributed by atoms with van der Waals surface area (Å²) < 4.78 is 63.7. The van der Waals surface area contributed by atoms with Crippen LogP contribution in [-0.4, -0.2) is 50.9 Å². The summed E-state index contributed by atoms with van der Waals surface area (Å²) in [5.74, 6) is -0.470. The maximum atomic E-state index is 13.1. The molecule has 1 fully saturated rings. The number of carbonyl (C=O) groups excluding carboxylic acids is 1. The first-order valence-corrected chi connectivity index (χ1v) is 13.7. The summed E-state index contributed by atoms with van der Waals surface area (Å²) in [6, 6.07) is 20.6. The smallest absolute Gasteiger partial charge is 0.354 e. The number of halogens is 3. The average molecular weight is 558 g/mol. The number of nitrogens with one attached hydrogen (secondary N) is 4. The van der Waals surface area contributed by atoms with E-state index in [0.717, 1.165) is 44.4 Å². The van der Waals surface area contributed by atoms with Crippen molar-refractivity contribution in [2.45, 2.75) is 12.1 Å². The predicted octanol–water partition coefficient (Wildman–Crippen LogP) is 4.29. The van der Waals surface area contributed by atoms with Gasteiger partial charge in [0.1, 0.15) is 0 Å². The van der Waals surface area contributed by atoms with Gasteiger partial charge in [-0.25, -0.2) is 0 Å². The number of rotatable bonds is 7. The predicted molar refractivity (Wildman–Crippen MR) is 145 cm³/mol. The van der Waals surface area contributed by atoms with Crippen LogP contribution in [0, 0.1) is 0 Å². The standard InChI is InChI=1S/C27H26F3N5O3S/c28-27(29,30)39(37,38)34-21-10-11-23-22(16-21)24(26(36)33-23)25(19-4-2-1-3-5-19)32-20-8-6-18(7-9-20)17-35-14-12-31-13-15-35/h1-11,16,31-32,34H,12-15,17H2,(H,33,36)/b25-24-. The normalized spacial score (nSPS) is 17.4. The molecule has 39 heavy (non-hydrogen) atoms. The molecule has 2 heterocycles. The molecule has 2 aliphatic heterocycles. The Morgan fingerprint density at radius 1 is 0.923 bits per heavy atom. The number of hydrogen-bond acceptors (Lipinski definition) is 6. The Hall–Kier alpha value is -3.87. The van der Waals surface area contributed by atoms with Gasteiger partial charge in [0.2, 0.25) is 0 Å². The van der Waals surface area contributed by atoms with Gasteiger partial charge in [0.25, 0.3) is 5.91 Å². The zero-order chi connectivity index (χ0) is 27.6. The molecule has 0 radical (unpaired) electrons. The summed E-state index contributed by atoms with van der Waals surface area (Å²) in [7, 11) is -5.63. The minimum Gasteiger partial charge on any atom is -0.354 e. The number of benzene rings is 3. The number of nitrogens with zero attached hydrogens (tertiary/aromatic N) is 1. The molecule has 0 aliphatic carbocycles. The Morgan fingerprint density at radius 2 is 1.59 bits per heavy atom. The second kappa shape index (κ2) is 10.7. The summed E-state index contributed by atoms with van der Waals surface area (Å²) in [6.45, 7) is 4.67. The third-order valence-electron chi connectivity index (χ3n) is 6.47. The minimum absolute atomic E-state index is 0.175. The Kier molecular flexibility index (Phi) is 7.34. The van der Waals surface area contributed by atoms with Crippen molar-refractivity contribution in [3.63, 3.8) is 0 Å². The van der Waals surface area contributed by atoms with Gasteiger partial charge in [-0.3, -0.25) is 14.4 Å². The monoisotopic (exact) mass is 557 g/mol. The Morgan fingerprint density at radius 3 is 2.26 bits per heavy atom. The SMILES string of the molecule is O=C1Nc2ccc(NS(=O)(=O)C(F)(F)F)cc2/C1=C(/Nc1ccc(CN2CCNCC2)cc1)c1ccccc1. The largest absolute Gasteiger partial charge is 0.516 e. The van der Waals surface area contributed by atoms with Crippen LogP contribution in [0.2, 0.25) is 0 Å². The molecule has 4 N–H and O–H groups in total. The molecule has 0 aromatic heterocycles. The van der Waals surface area contributed by atoms with E-state index in [-0.39, 0.29) is 16.8 Å². The average Bonchev–Trinajstić information content (AvgIpc) is 3.23. The molecule has 12 heteroatoms. The Balaban J connectivity index is 1.50. The summed E-state index contributed by atoms with van der Waals surface area (Å²) in [4.78, 5) is 15.5. The fraction of sp³-hybridized carbons (Fsp3) is 0.222. The van der Waals surface area contributed by atoms with Gasteiger partial charge in [-0.05, 0) is 41.5 Å². The van der Waals surface area contributed by atoms with E-state index in [1.165, 1.54) is 12.1 Å². The number of piperazine rings is 1. The van der Waals surface area contributed by atoms with Crippen molar-refractivity contribution in [2.75, 3.05) is 41.5 Å². The first kappa shape index (κ1) is 26.7. The number of amides is 1. The van der Waals surface area contributed by atoms with E-state index >= 15 is 0 Å². The molecule has 0 unspecified atom stereocenters. The highest BCUT2D eigenvalue weighted by Crippen LogP contribution is 2.39. The molecule has 3 aromatic carbocycles. The summed E-state index contributed by atoms with van der Waals surface area (Å²) >= 11 is 0. The van der Waals surface area contributed by atoms with Gasteiger partial charge in [0.15, 0.2) is 0 Å². The second-order valence-electron chi connectivity index (χ2n) is 9.23. The van der Waals surface area contributed by atoms with Gasteiger partial charge in [0.05, 0.1) is 11.3 Å². The van der Waals surface area contributed by atoms with E-state index in [9.17, 15) is 26.4 Å². The molecule has 3 aromatic rings. The Labute approximate surface area is 224 Å². The summed E-state index contributed by atoms with van der Waals surface area (Å²) in [5, 5.41) is 9.35. The first-order chi connectivity index (χ1) is 18.6. The van der Waals surface area contributed by atoms with Crippen LogP contribution in [0.3, 0.4) is 0 Å². The fourth-order valence-electron chi connectivity index (χ4n) is 4.54. The van der Waals surface area contributed by atoms with Crippen LogP contribution in [0.5, 0.6) is 0 Å². The van der Waals surface area contributed by atoms with Crippen LogP contribution in [0.1, 0.15) is 16.7 Å². The molecule has 5 rings (SSSR count). The summed E-state index contributed by atoms with van der Waals surface area (Å²) in [5.41, 5.74) is -2.05. The van der Waals surface area contributed by atoms with Gasteiger partial charge in [-0.2, -0.15) is 21.6 Å². The van der Waals surface area contributed by atoms with Crippen molar-refractivity contribution in [3.8, 4) is 0 Å². The molecule has 0 bridgehead atoms. The van der Waals surface area contributed by atoms with E-state index in [1.807, 2.05) is 30.3 Å². The van der Waals surface area contributed by atoms with Crippen molar-refractivity contribution >= 4 is 44.3 Å². The van der Waals surface area contributed by atoms with Gasteiger partial charge in [-0.1, -0.05) is 42.5 Å². The van der Waals surface area contributed by atoms with Gasteiger partial charge in [0, 0.05) is 55.3 Å². The van der Waals surface area contributed by atoms with Crippen molar-refractivity contribution in [2.24, 2.45) is 0 Å². The lowest BCUT2D eigenvalue weighted by Gasteiger charge is -2.27. The maximum absolute atomic E-state index is 13.1. The van der Waals surface area contributed by atoms with Gasteiger partial charge in [-0.15, -0.1) is 0 Å². The quantitative estimate of drug-likeness (QED) is 0.324. The molecule has 0 saturated carbocycles. The van der Waals surface area contributed by atoms with Crippen molar-refractivity contribution < 1.29 is 26.4 Å². The molecule has 204 valence electrons. The van der Waals surface area contributed by atoms with Crippen LogP contribution in [0.15, 0.2) is 72.8 Å². The first-order valence-electron chi connectivity index (χ1n) is 12.2. The molecule has 0 atom stereocenters. The van der Waals surface area contributed by atoms with E-state index in [1.54, 1.807) is 29.0 Å². The van der Waals surface area contributed by atoms with E-state index in [4.69, 9.17) is 0 Å². The third-order valence-corrected chi connectivity index (χ3v) is 7.59. The summed E-state index contributed by atoms with van der Waals surface area (Å²) in [6.07, 6.45) is 0. The van der Waals surface area contributed by atoms with E-state index in [2.05, 4.69) is 20.9 Å². The van der Waals surface area contributed by atoms with Crippen LogP contribution >= 0.6 is 0 Å². The van der Waals surface area contributed by atoms with Gasteiger partial charge >= 0.3 is 15.5 Å². The third kappa shape index (κ3) is 5.92. The molecule has 1 amide bonds. The highest BCUT2D eigenvalue weighted by atomic mass is 32.2. The van der Waals surface area contributed by atoms with Crippen molar-refractivity contribution in [1.82, 2.24) is 10.2 Å². The van der Waals surface area contributed by atoms with Gasteiger partial charge < -0.3 is 16.0 Å². The van der Waals surface area contributed by atoms with Crippen molar-refractivity contribution in [3.05, 3.63) is 89.5 Å². The number of hydrogen-bond donors (Lipinski definition) is 4. The number of anilines is 3. The lowest BCUT2D eigenvalue weighted by molar-refractivity contribution is -0.110. The van der Waals surface area contributed by atoms with Crippen molar-refractivity contribution in [1.29, 1.82) is 0 Å². The zero-order valence-corrected chi connectivity index (χ0v) is 21.5. The molecule has 2 aliphatic rings. The molecular formula is C27H26F3N5O3S. The minimum atomic E-state index is -5.63. The van der Waals surface area contributed by atoms with E-state index < -0.39 is 21.4 Å². The fourth-order valence-corrected chi connectivity index (χ4v) is 5.09. The second-order valence-corrected chi connectivity index (χ2v) is 10.9. The molecule has 8 nitrogen and oxygen atoms in total. The number of alkyl halides is 3. The highest BCUT2D eigenvalue weighted by Gasteiger charge is 2.46. The van der Waals surface area contributed by atoms with Crippen LogP contribution in [-0.2, 0) is 21.4 Å². The number of sulfonamides is 1. The lowest BCUT2D eigenvalue weighted by atomic mass is 9.99. The zero-order valence-electron chi connectivity index (χ0n) is 20.7. The van der Waals surface area contributed by atoms with E-state index in [0.29, 0.717) is 22.6 Å².